The molecule has 2 amide bonds. The minimum absolute atomic E-state index is 0.0530. The van der Waals surface area contributed by atoms with Gasteiger partial charge in [-0.25, -0.2) is 0 Å². The van der Waals surface area contributed by atoms with E-state index in [-0.39, 0.29) is 27.9 Å². The number of nitrogens with zero attached hydrogens (tertiary/aromatic N) is 1. The number of imide groups is 1. The highest BCUT2D eigenvalue weighted by molar-refractivity contribution is 8.18. The number of hydrogen-bond donors (Lipinski definition) is 0. The maximum Gasteiger partial charge on any atom is 0.339 e. The Labute approximate surface area is 199 Å². The van der Waals surface area contributed by atoms with E-state index in [2.05, 4.69) is 4.74 Å². The van der Waals surface area contributed by atoms with E-state index in [1.54, 1.807) is 6.92 Å². The van der Waals surface area contributed by atoms with Gasteiger partial charge in [0.05, 0.1) is 18.6 Å². The third-order valence-electron chi connectivity index (χ3n) is 4.26. The molecule has 1 fully saturated rings. The van der Waals surface area contributed by atoms with Crippen molar-refractivity contribution in [2.45, 2.75) is 11.8 Å². The zero-order valence-corrected chi connectivity index (χ0v) is 19.8. The van der Waals surface area contributed by atoms with Gasteiger partial charge in [0.1, 0.15) is 11.4 Å². The van der Waals surface area contributed by atoms with E-state index in [0.29, 0.717) is 22.3 Å². The molecular weight excluding hydrogens is 494 g/mol. The molecule has 1 heterocycles. The number of rotatable bonds is 8. The van der Waals surface area contributed by atoms with Crippen LogP contribution in [0.25, 0.3) is 6.08 Å². The van der Waals surface area contributed by atoms with Gasteiger partial charge >= 0.3 is 16.1 Å². The molecule has 0 aliphatic carbocycles. The van der Waals surface area contributed by atoms with E-state index < -0.39 is 33.8 Å². The molecule has 12 heteroatoms. The molecule has 0 atom stereocenters. The van der Waals surface area contributed by atoms with Crippen LogP contribution >= 0.6 is 23.4 Å². The molecule has 1 saturated heterocycles. The molecule has 1 aliphatic rings. The van der Waals surface area contributed by atoms with E-state index in [1.807, 2.05) is 0 Å². The van der Waals surface area contributed by atoms with Crippen molar-refractivity contribution in [3.8, 4) is 11.5 Å². The van der Waals surface area contributed by atoms with Gasteiger partial charge in [-0.3, -0.25) is 19.3 Å². The molecule has 174 valence electrons. The van der Waals surface area contributed by atoms with E-state index in [4.69, 9.17) is 20.5 Å². The number of benzene rings is 2. The second-order valence-corrected chi connectivity index (χ2v) is 9.45. The van der Waals surface area contributed by atoms with Crippen LogP contribution in [0.5, 0.6) is 11.5 Å². The van der Waals surface area contributed by atoms with Crippen LogP contribution in [0.15, 0.2) is 52.3 Å². The zero-order valence-electron chi connectivity index (χ0n) is 17.4. The zero-order chi connectivity index (χ0) is 24.2. The minimum atomic E-state index is -4.15. The molecule has 0 radical (unpaired) electrons. The molecule has 0 spiro atoms. The quantitative estimate of drug-likeness (QED) is 0.297. The van der Waals surface area contributed by atoms with Crippen LogP contribution in [0, 0.1) is 0 Å². The van der Waals surface area contributed by atoms with Crippen LogP contribution in [-0.4, -0.2) is 50.7 Å². The van der Waals surface area contributed by atoms with Crippen molar-refractivity contribution in [1.82, 2.24) is 4.90 Å². The third-order valence-corrected chi connectivity index (χ3v) is 6.66. The van der Waals surface area contributed by atoms with E-state index >= 15 is 0 Å². The molecule has 2 aromatic rings. The summed E-state index contributed by atoms with van der Waals surface area (Å²) in [6.45, 7) is 1.44. The molecule has 0 unspecified atom stereocenters. The van der Waals surface area contributed by atoms with Crippen molar-refractivity contribution in [3.05, 3.63) is 58.0 Å². The van der Waals surface area contributed by atoms with Gasteiger partial charge in [-0.05, 0) is 66.7 Å². The van der Waals surface area contributed by atoms with Crippen LogP contribution < -0.4 is 8.92 Å². The Bertz CT molecular complexity index is 1230. The summed E-state index contributed by atoms with van der Waals surface area (Å²) in [6, 6.07) is 9.85. The Morgan fingerprint density at radius 2 is 1.82 bits per heavy atom. The number of ether oxygens (including phenoxy) is 2. The first-order chi connectivity index (χ1) is 15.6. The Balaban J connectivity index is 1.87. The first-order valence-corrected chi connectivity index (χ1v) is 12.0. The van der Waals surface area contributed by atoms with E-state index in [0.717, 1.165) is 12.0 Å². The molecule has 0 N–H and O–H groups in total. The number of carbonyl (C=O) groups is 3. The van der Waals surface area contributed by atoms with Crippen molar-refractivity contribution in [2.75, 3.05) is 20.3 Å². The fourth-order valence-corrected chi connectivity index (χ4v) is 4.60. The monoisotopic (exact) mass is 511 g/mol. The number of carbonyl (C=O) groups excluding carboxylic acids is 3. The fraction of sp³-hybridized carbons (Fsp3) is 0.190. The van der Waals surface area contributed by atoms with Crippen LogP contribution in [-0.2, 0) is 24.4 Å². The Hall–Kier alpha value is -3.02. The average molecular weight is 512 g/mol. The highest BCUT2D eigenvalue weighted by atomic mass is 35.5. The molecule has 0 saturated carbocycles. The number of amides is 2. The van der Waals surface area contributed by atoms with Crippen molar-refractivity contribution < 1.29 is 36.5 Å². The van der Waals surface area contributed by atoms with Crippen LogP contribution in [0.3, 0.4) is 0 Å². The van der Waals surface area contributed by atoms with Gasteiger partial charge in [0.2, 0.25) is 0 Å². The van der Waals surface area contributed by atoms with E-state index in [9.17, 15) is 22.8 Å². The van der Waals surface area contributed by atoms with Crippen LogP contribution in [0.2, 0.25) is 5.02 Å². The Morgan fingerprint density at radius 1 is 1.12 bits per heavy atom. The topological polar surface area (TPSA) is 116 Å². The van der Waals surface area contributed by atoms with Crippen molar-refractivity contribution in [1.29, 1.82) is 0 Å². The lowest BCUT2D eigenvalue weighted by Gasteiger charge is -2.13. The van der Waals surface area contributed by atoms with Gasteiger partial charge in [-0.1, -0.05) is 17.7 Å². The summed E-state index contributed by atoms with van der Waals surface area (Å²) < 4.78 is 40.4. The predicted octanol–water partition coefficient (Wildman–Crippen LogP) is 3.72. The summed E-state index contributed by atoms with van der Waals surface area (Å²) in [5, 5.41) is -0.222. The number of thioether (sulfide) groups is 1. The molecule has 33 heavy (non-hydrogen) atoms. The highest BCUT2D eigenvalue weighted by Gasteiger charge is 2.36. The van der Waals surface area contributed by atoms with Crippen molar-refractivity contribution >= 4 is 56.7 Å². The predicted molar refractivity (Wildman–Crippen MR) is 122 cm³/mol. The maximum atomic E-state index is 12.6. The van der Waals surface area contributed by atoms with E-state index in [1.165, 1.54) is 48.5 Å². The van der Waals surface area contributed by atoms with Crippen LogP contribution in [0.4, 0.5) is 4.79 Å². The summed E-state index contributed by atoms with van der Waals surface area (Å²) in [6.07, 6.45) is 1.43. The first kappa shape index (κ1) is 24.6. The smallest absolute Gasteiger partial charge is 0.339 e. The lowest BCUT2D eigenvalue weighted by molar-refractivity contribution is -0.143. The molecule has 3 rings (SSSR count). The summed E-state index contributed by atoms with van der Waals surface area (Å²) in [4.78, 5) is 36.8. The first-order valence-electron chi connectivity index (χ1n) is 9.43. The molecule has 0 aromatic heterocycles. The third kappa shape index (κ3) is 5.86. The van der Waals surface area contributed by atoms with Crippen molar-refractivity contribution in [3.63, 3.8) is 0 Å². The number of halogens is 1. The van der Waals surface area contributed by atoms with Gasteiger partial charge in [0.25, 0.3) is 11.1 Å². The van der Waals surface area contributed by atoms with Gasteiger partial charge in [0.15, 0.2) is 11.5 Å². The highest BCUT2D eigenvalue weighted by Crippen LogP contribution is 2.35. The minimum Gasteiger partial charge on any atom is -0.490 e. The van der Waals surface area contributed by atoms with Gasteiger partial charge in [0, 0.05) is 5.02 Å². The lowest BCUT2D eigenvalue weighted by atomic mass is 10.2. The molecule has 0 bridgehead atoms. The number of esters is 1. The molecule has 1 aliphatic heterocycles. The average Bonchev–Trinajstić information content (AvgIpc) is 3.03. The maximum absolute atomic E-state index is 12.6. The van der Waals surface area contributed by atoms with Gasteiger partial charge in [-0.2, -0.15) is 8.42 Å². The number of methoxy groups -OCH3 is 1. The molecular formula is C21H18ClNO8S2. The summed E-state index contributed by atoms with van der Waals surface area (Å²) >= 11 is 6.48. The molecule has 9 nitrogen and oxygen atoms in total. The SMILES string of the molecule is CCOc1cc(/C=C2\SC(=O)N(CC(=O)OC)C2=O)ccc1OS(=O)(=O)c1ccc(Cl)cc1. The summed E-state index contributed by atoms with van der Waals surface area (Å²) in [5.41, 5.74) is 0.457. The van der Waals surface area contributed by atoms with Crippen LogP contribution in [0.1, 0.15) is 12.5 Å². The normalized spacial score (nSPS) is 15.1. The summed E-state index contributed by atoms with van der Waals surface area (Å²) in [5.74, 6) is -1.29. The molecule has 2 aromatic carbocycles. The Morgan fingerprint density at radius 3 is 2.45 bits per heavy atom. The second-order valence-electron chi connectivity index (χ2n) is 6.47. The van der Waals surface area contributed by atoms with Gasteiger partial charge < -0.3 is 13.7 Å². The lowest BCUT2D eigenvalue weighted by Crippen LogP contribution is -2.34. The van der Waals surface area contributed by atoms with Crippen molar-refractivity contribution in [2.24, 2.45) is 0 Å². The van der Waals surface area contributed by atoms with Gasteiger partial charge in [-0.15, -0.1) is 0 Å². The second kappa shape index (κ2) is 10.3. The standard InChI is InChI=1S/C21H18ClNO8S2/c1-3-30-17-10-13(11-18-20(25)23(21(26)32-18)12-19(24)29-2)4-9-16(17)31-33(27,28)15-7-5-14(22)6-8-15/h4-11H,3,12H2,1-2H3/b18-11-. The number of hydrogen-bond acceptors (Lipinski definition) is 9. The largest absolute Gasteiger partial charge is 0.490 e. The Kier molecular flexibility index (Phi) is 7.67. The fourth-order valence-electron chi connectivity index (χ4n) is 2.70. The summed E-state index contributed by atoms with van der Waals surface area (Å²) in [7, 11) is -2.99.